The van der Waals surface area contributed by atoms with Crippen molar-refractivity contribution in [1.82, 2.24) is 4.90 Å². The molecule has 98 valence electrons. The number of aliphatic hydroxyl groups is 1. The fraction of sp³-hybridized carbons (Fsp3) is 0.909. The molecule has 2 heterocycles. The van der Waals surface area contributed by atoms with Crippen LogP contribution in [0.15, 0.2) is 0 Å². The van der Waals surface area contributed by atoms with Gasteiger partial charge in [0.25, 0.3) is 0 Å². The van der Waals surface area contributed by atoms with Crippen LogP contribution in [-0.4, -0.2) is 58.5 Å². The maximum absolute atomic E-state index is 12.0. The average Bonchev–Trinajstić information content (AvgIpc) is 2.67. The molecule has 2 rings (SSSR count). The molecular weight excluding hydrogens is 246 g/mol. The molecule has 0 spiro atoms. The van der Waals surface area contributed by atoms with E-state index in [0.29, 0.717) is 6.54 Å². The van der Waals surface area contributed by atoms with Gasteiger partial charge in [0.2, 0.25) is 0 Å². The van der Waals surface area contributed by atoms with E-state index in [0.717, 1.165) is 0 Å². The van der Waals surface area contributed by atoms with Gasteiger partial charge in [0.1, 0.15) is 11.7 Å². The summed E-state index contributed by atoms with van der Waals surface area (Å²) >= 11 is 6.10. The van der Waals surface area contributed by atoms with Crippen LogP contribution in [0.2, 0.25) is 0 Å². The lowest BCUT2D eigenvalue weighted by molar-refractivity contribution is 0.0105. The van der Waals surface area contributed by atoms with Gasteiger partial charge in [-0.05, 0) is 20.8 Å². The minimum absolute atomic E-state index is 0.220. The summed E-state index contributed by atoms with van der Waals surface area (Å²) < 4.78 is 10.7. The summed E-state index contributed by atoms with van der Waals surface area (Å²) in [7, 11) is 0. The van der Waals surface area contributed by atoms with Crippen molar-refractivity contribution in [2.75, 3.05) is 13.2 Å². The van der Waals surface area contributed by atoms with E-state index in [4.69, 9.17) is 21.1 Å². The fourth-order valence-electron chi connectivity index (χ4n) is 2.26. The van der Waals surface area contributed by atoms with E-state index >= 15 is 0 Å². The van der Waals surface area contributed by atoms with Crippen molar-refractivity contribution in [1.29, 1.82) is 0 Å². The molecule has 4 atom stereocenters. The van der Waals surface area contributed by atoms with Gasteiger partial charge in [-0.25, -0.2) is 4.79 Å². The highest BCUT2D eigenvalue weighted by molar-refractivity contribution is 6.21. The standard InChI is InChI=1S/C11H18ClNO4/c1-11(2,3)17-10(15)13-4-6(12)9-8(13)7(14)5-16-9/h6-9,14H,4-5H2,1-3H3/t6-,7-,8+,9-/m1/s1. The first-order chi connectivity index (χ1) is 7.79. The van der Waals surface area contributed by atoms with E-state index in [-0.39, 0.29) is 24.1 Å². The first-order valence-electron chi connectivity index (χ1n) is 5.73. The maximum Gasteiger partial charge on any atom is 0.410 e. The number of ether oxygens (including phenoxy) is 2. The molecule has 2 saturated heterocycles. The van der Waals surface area contributed by atoms with E-state index in [1.807, 2.05) is 0 Å². The average molecular weight is 264 g/mol. The molecule has 0 aromatic carbocycles. The van der Waals surface area contributed by atoms with Gasteiger partial charge in [-0.15, -0.1) is 11.6 Å². The van der Waals surface area contributed by atoms with E-state index < -0.39 is 17.8 Å². The normalized spacial score (nSPS) is 37.1. The van der Waals surface area contributed by atoms with Crippen molar-refractivity contribution in [2.45, 2.75) is 50.0 Å². The molecule has 0 radical (unpaired) electrons. The van der Waals surface area contributed by atoms with Crippen molar-refractivity contribution in [3.05, 3.63) is 0 Å². The number of amides is 1. The Labute approximate surface area is 106 Å². The van der Waals surface area contributed by atoms with Gasteiger partial charge in [0, 0.05) is 6.54 Å². The van der Waals surface area contributed by atoms with Crippen LogP contribution in [0, 0.1) is 0 Å². The first-order valence-corrected chi connectivity index (χ1v) is 6.16. The molecule has 5 nitrogen and oxygen atoms in total. The summed E-state index contributed by atoms with van der Waals surface area (Å²) in [4.78, 5) is 13.5. The van der Waals surface area contributed by atoms with E-state index in [2.05, 4.69) is 0 Å². The molecule has 0 unspecified atom stereocenters. The molecule has 1 N–H and O–H groups in total. The topological polar surface area (TPSA) is 59.0 Å². The Bertz CT molecular complexity index is 317. The highest BCUT2D eigenvalue weighted by Gasteiger charge is 2.52. The number of fused-ring (bicyclic) bond motifs is 1. The van der Waals surface area contributed by atoms with E-state index in [1.165, 1.54) is 4.90 Å². The number of nitrogens with zero attached hydrogens (tertiary/aromatic N) is 1. The molecule has 0 saturated carbocycles. The van der Waals surface area contributed by atoms with Gasteiger partial charge in [0.15, 0.2) is 0 Å². The maximum atomic E-state index is 12.0. The fourth-order valence-corrected chi connectivity index (χ4v) is 2.63. The third-order valence-electron chi connectivity index (χ3n) is 2.91. The minimum atomic E-state index is -0.684. The summed E-state index contributed by atoms with van der Waals surface area (Å²) in [5.74, 6) is 0. The Kier molecular flexibility index (Phi) is 3.27. The van der Waals surface area contributed by atoms with Gasteiger partial charge in [-0.2, -0.15) is 0 Å². The van der Waals surface area contributed by atoms with Crippen molar-refractivity contribution >= 4 is 17.7 Å². The molecule has 6 heteroatoms. The Hall–Kier alpha value is -0.520. The molecule has 1 amide bonds. The van der Waals surface area contributed by atoms with Gasteiger partial charge < -0.3 is 14.6 Å². The SMILES string of the molecule is CC(C)(C)OC(=O)N1C[C@@H](Cl)[C@H]2OC[C@@H](O)[C@@H]21. The molecule has 0 aromatic rings. The Morgan fingerprint density at radius 2 is 2.18 bits per heavy atom. The zero-order valence-corrected chi connectivity index (χ0v) is 11.0. The number of likely N-dealkylation sites (tertiary alicyclic amines) is 1. The predicted octanol–water partition coefficient (Wildman–Crippen LogP) is 0.973. The quantitative estimate of drug-likeness (QED) is 0.662. The van der Waals surface area contributed by atoms with Crippen LogP contribution in [0.25, 0.3) is 0 Å². The summed E-state index contributed by atoms with van der Waals surface area (Å²) in [5, 5.41) is 9.51. The molecule has 2 fully saturated rings. The van der Waals surface area contributed by atoms with Crippen molar-refractivity contribution in [3.8, 4) is 0 Å². The Balaban J connectivity index is 2.08. The van der Waals surface area contributed by atoms with Crippen LogP contribution < -0.4 is 0 Å². The van der Waals surface area contributed by atoms with Crippen LogP contribution in [0.5, 0.6) is 0 Å². The summed E-state index contributed by atoms with van der Waals surface area (Å²) in [6, 6.07) is -0.382. The number of carbonyl (C=O) groups excluding carboxylic acids is 1. The Morgan fingerprint density at radius 1 is 1.53 bits per heavy atom. The number of carbonyl (C=O) groups is 1. The van der Waals surface area contributed by atoms with E-state index in [1.54, 1.807) is 20.8 Å². The molecule has 2 aliphatic heterocycles. The third-order valence-corrected chi connectivity index (χ3v) is 3.29. The summed E-state index contributed by atoms with van der Waals surface area (Å²) in [6.07, 6.45) is -1.42. The molecule has 0 aromatic heterocycles. The predicted molar refractivity (Wildman–Crippen MR) is 62.1 cm³/mol. The third kappa shape index (κ3) is 2.51. The smallest absolute Gasteiger partial charge is 0.410 e. The van der Waals surface area contributed by atoms with Crippen LogP contribution in [-0.2, 0) is 9.47 Å². The van der Waals surface area contributed by atoms with E-state index in [9.17, 15) is 9.90 Å². The lowest BCUT2D eigenvalue weighted by Gasteiger charge is -2.28. The highest BCUT2D eigenvalue weighted by atomic mass is 35.5. The van der Waals surface area contributed by atoms with Crippen LogP contribution in [0.1, 0.15) is 20.8 Å². The molecule has 0 aliphatic carbocycles. The van der Waals surface area contributed by atoms with Crippen LogP contribution in [0.3, 0.4) is 0 Å². The zero-order chi connectivity index (χ0) is 12.8. The van der Waals surface area contributed by atoms with Gasteiger partial charge >= 0.3 is 6.09 Å². The van der Waals surface area contributed by atoms with Crippen molar-refractivity contribution in [3.63, 3.8) is 0 Å². The number of halogens is 1. The van der Waals surface area contributed by atoms with Crippen molar-refractivity contribution in [2.24, 2.45) is 0 Å². The minimum Gasteiger partial charge on any atom is -0.444 e. The molecule has 2 aliphatic rings. The molecule has 17 heavy (non-hydrogen) atoms. The van der Waals surface area contributed by atoms with Gasteiger partial charge in [0.05, 0.1) is 24.1 Å². The zero-order valence-electron chi connectivity index (χ0n) is 10.2. The summed E-state index contributed by atoms with van der Waals surface area (Å²) in [5.41, 5.74) is -0.554. The second-order valence-corrected chi connectivity index (χ2v) is 6.07. The largest absolute Gasteiger partial charge is 0.444 e. The van der Waals surface area contributed by atoms with Crippen LogP contribution in [0.4, 0.5) is 4.79 Å². The molecular formula is C11H18ClNO4. The number of hydrogen-bond acceptors (Lipinski definition) is 4. The molecule has 0 bridgehead atoms. The second-order valence-electron chi connectivity index (χ2n) is 5.50. The number of hydrogen-bond donors (Lipinski definition) is 1. The highest BCUT2D eigenvalue weighted by Crippen LogP contribution is 2.33. The van der Waals surface area contributed by atoms with Crippen molar-refractivity contribution < 1.29 is 19.4 Å². The second kappa shape index (κ2) is 4.30. The number of alkyl halides is 1. The number of rotatable bonds is 0. The first kappa shape index (κ1) is 12.9. The van der Waals surface area contributed by atoms with Gasteiger partial charge in [-0.1, -0.05) is 0 Å². The lowest BCUT2D eigenvalue weighted by atomic mass is 10.1. The summed E-state index contributed by atoms with van der Waals surface area (Å²) in [6.45, 7) is 5.98. The number of aliphatic hydroxyl groups excluding tert-OH is 1. The van der Waals surface area contributed by atoms with Crippen LogP contribution >= 0.6 is 11.6 Å². The lowest BCUT2D eigenvalue weighted by Crippen LogP contribution is -2.46. The Morgan fingerprint density at radius 3 is 2.76 bits per heavy atom. The monoisotopic (exact) mass is 263 g/mol. The van der Waals surface area contributed by atoms with Gasteiger partial charge in [-0.3, -0.25) is 4.90 Å².